The highest BCUT2D eigenvalue weighted by molar-refractivity contribution is 6.30. The number of hydrogen-bond acceptors (Lipinski definition) is 2. The highest BCUT2D eigenvalue weighted by Crippen LogP contribution is 2.26. The van der Waals surface area contributed by atoms with Crippen LogP contribution in [-0.4, -0.2) is 34.5 Å². The maximum absolute atomic E-state index is 12.7. The van der Waals surface area contributed by atoms with Gasteiger partial charge in [0.2, 0.25) is 5.91 Å². The van der Waals surface area contributed by atoms with E-state index >= 15 is 0 Å². The Morgan fingerprint density at radius 2 is 1.72 bits per heavy atom. The fraction of sp³-hybridized carbons (Fsp3) is 0.444. The van der Waals surface area contributed by atoms with Crippen LogP contribution in [0.15, 0.2) is 54.6 Å². The SMILES string of the molecule is O=C(NC1CCCC1)C1CCN(Cc2cc3ccccc3n2Cc2cccc(Cl)c2)CC1. The van der Waals surface area contributed by atoms with Crippen molar-refractivity contribution in [2.75, 3.05) is 13.1 Å². The van der Waals surface area contributed by atoms with E-state index in [2.05, 4.69) is 57.2 Å². The predicted molar refractivity (Wildman–Crippen MR) is 131 cm³/mol. The Labute approximate surface area is 195 Å². The fourth-order valence-electron chi connectivity index (χ4n) is 5.37. The molecule has 2 heterocycles. The number of fused-ring (bicyclic) bond motifs is 1. The first-order chi connectivity index (χ1) is 15.7. The Bertz CT molecular complexity index is 1080. The first kappa shape index (κ1) is 21.5. The van der Waals surface area contributed by atoms with Crippen LogP contribution in [0.25, 0.3) is 10.9 Å². The molecule has 3 aromatic rings. The summed E-state index contributed by atoms with van der Waals surface area (Å²) in [6.07, 6.45) is 6.73. The van der Waals surface area contributed by atoms with Gasteiger partial charge in [-0.15, -0.1) is 0 Å². The molecule has 5 rings (SSSR count). The quantitative estimate of drug-likeness (QED) is 0.530. The van der Waals surface area contributed by atoms with Gasteiger partial charge in [-0.2, -0.15) is 0 Å². The Balaban J connectivity index is 1.27. The summed E-state index contributed by atoms with van der Waals surface area (Å²) >= 11 is 6.24. The molecule has 168 valence electrons. The zero-order valence-electron chi connectivity index (χ0n) is 18.6. The van der Waals surface area contributed by atoms with Crippen LogP contribution in [0.1, 0.15) is 49.8 Å². The number of likely N-dealkylation sites (tertiary alicyclic amines) is 1. The van der Waals surface area contributed by atoms with Crippen LogP contribution in [0.5, 0.6) is 0 Å². The third-order valence-corrected chi connectivity index (χ3v) is 7.41. The van der Waals surface area contributed by atoms with Crippen LogP contribution in [0.3, 0.4) is 0 Å². The Morgan fingerprint density at radius 1 is 0.938 bits per heavy atom. The van der Waals surface area contributed by atoms with Crippen LogP contribution in [0.2, 0.25) is 5.02 Å². The summed E-state index contributed by atoms with van der Waals surface area (Å²) in [6.45, 7) is 3.67. The maximum Gasteiger partial charge on any atom is 0.223 e. The normalized spacial score (nSPS) is 18.4. The Morgan fingerprint density at radius 3 is 2.50 bits per heavy atom. The zero-order valence-corrected chi connectivity index (χ0v) is 19.4. The van der Waals surface area contributed by atoms with E-state index in [-0.39, 0.29) is 11.8 Å². The molecule has 1 aromatic heterocycles. The van der Waals surface area contributed by atoms with Crippen molar-refractivity contribution < 1.29 is 4.79 Å². The van der Waals surface area contributed by atoms with E-state index < -0.39 is 0 Å². The number of carbonyl (C=O) groups is 1. The molecule has 4 nitrogen and oxygen atoms in total. The van der Waals surface area contributed by atoms with Crippen molar-refractivity contribution in [1.29, 1.82) is 0 Å². The molecular formula is C27H32ClN3O. The van der Waals surface area contributed by atoms with Gasteiger partial charge in [-0.05, 0) is 74.0 Å². The van der Waals surface area contributed by atoms with E-state index in [1.54, 1.807) is 0 Å². The van der Waals surface area contributed by atoms with Crippen LogP contribution >= 0.6 is 11.6 Å². The molecule has 1 amide bonds. The topological polar surface area (TPSA) is 37.3 Å². The van der Waals surface area contributed by atoms with Gasteiger partial charge in [0.1, 0.15) is 0 Å². The smallest absolute Gasteiger partial charge is 0.223 e. The number of para-hydroxylation sites is 1. The molecular weight excluding hydrogens is 418 g/mol. The molecule has 0 radical (unpaired) electrons. The lowest BCUT2D eigenvalue weighted by Crippen LogP contribution is -2.43. The summed E-state index contributed by atoms with van der Waals surface area (Å²) in [5, 5.41) is 5.35. The van der Waals surface area contributed by atoms with Gasteiger partial charge in [0, 0.05) is 41.3 Å². The minimum atomic E-state index is 0.171. The van der Waals surface area contributed by atoms with E-state index in [1.165, 1.54) is 35.0 Å². The van der Waals surface area contributed by atoms with E-state index in [0.29, 0.717) is 6.04 Å². The molecule has 2 aromatic carbocycles. The van der Waals surface area contributed by atoms with Gasteiger partial charge in [0.15, 0.2) is 0 Å². The highest BCUT2D eigenvalue weighted by Gasteiger charge is 2.28. The monoisotopic (exact) mass is 449 g/mol. The zero-order chi connectivity index (χ0) is 21.9. The van der Waals surface area contributed by atoms with E-state index in [4.69, 9.17) is 11.6 Å². The molecule has 0 spiro atoms. The molecule has 32 heavy (non-hydrogen) atoms. The van der Waals surface area contributed by atoms with Gasteiger partial charge in [-0.3, -0.25) is 9.69 Å². The number of amides is 1. The number of aromatic nitrogens is 1. The highest BCUT2D eigenvalue weighted by atomic mass is 35.5. The summed E-state index contributed by atoms with van der Waals surface area (Å²) < 4.78 is 2.42. The number of nitrogens with one attached hydrogen (secondary N) is 1. The van der Waals surface area contributed by atoms with Gasteiger partial charge in [0.25, 0.3) is 0 Å². The number of nitrogens with zero attached hydrogens (tertiary/aromatic N) is 2. The lowest BCUT2D eigenvalue weighted by Gasteiger charge is -2.32. The van der Waals surface area contributed by atoms with Crippen molar-refractivity contribution in [3.05, 3.63) is 70.9 Å². The third-order valence-electron chi connectivity index (χ3n) is 7.17. The van der Waals surface area contributed by atoms with E-state index in [1.807, 2.05) is 12.1 Å². The molecule has 0 atom stereocenters. The predicted octanol–water partition coefficient (Wildman–Crippen LogP) is 5.61. The number of rotatable bonds is 6. The first-order valence-electron chi connectivity index (χ1n) is 12.0. The van der Waals surface area contributed by atoms with E-state index in [9.17, 15) is 4.79 Å². The second-order valence-corrected chi connectivity index (χ2v) is 9.89. The minimum Gasteiger partial charge on any atom is -0.353 e. The summed E-state index contributed by atoms with van der Waals surface area (Å²) in [6, 6.07) is 19.5. The van der Waals surface area contributed by atoms with Crippen molar-refractivity contribution in [3.8, 4) is 0 Å². The Kier molecular flexibility index (Phi) is 6.52. The number of piperidine rings is 1. The Hall–Kier alpha value is -2.30. The van der Waals surface area contributed by atoms with Gasteiger partial charge in [0.05, 0.1) is 0 Å². The number of halogens is 1. The summed E-state index contributed by atoms with van der Waals surface area (Å²) in [7, 11) is 0. The van der Waals surface area contributed by atoms with Crippen LogP contribution in [0, 0.1) is 5.92 Å². The maximum atomic E-state index is 12.7. The second kappa shape index (κ2) is 9.68. The lowest BCUT2D eigenvalue weighted by molar-refractivity contribution is -0.127. The second-order valence-electron chi connectivity index (χ2n) is 9.45. The number of benzene rings is 2. The number of carbonyl (C=O) groups excluding carboxylic acids is 1. The largest absolute Gasteiger partial charge is 0.353 e. The molecule has 1 saturated heterocycles. The molecule has 5 heteroatoms. The van der Waals surface area contributed by atoms with Crippen LogP contribution in [0.4, 0.5) is 0 Å². The molecule has 1 aliphatic heterocycles. The van der Waals surface area contributed by atoms with Gasteiger partial charge in [-0.25, -0.2) is 0 Å². The average molecular weight is 450 g/mol. The van der Waals surface area contributed by atoms with E-state index in [0.717, 1.165) is 56.9 Å². The molecule has 2 fully saturated rings. The van der Waals surface area contributed by atoms with Crippen molar-refractivity contribution in [3.63, 3.8) is 0 Å². The average Bonchev–Trinajstić information content (AvgIpc) is 3.43. The van der Waals surface area contributed by atoms with Crippen molar-refractivity contribution >= 4 is 28.4 Å². The lowest BCUT2D eigenvalue weighted by atomic mass is 9.95. The van der Waals surface area contributed by atoms with Gasteiger partial charge < -0.3 is 9.88 Å². The van der Waals surface area contributed by atoms with Crippen molar-refractivity contribution in [2.24, 2.45) is 5.92 Å². The standard InChI is InChI=1S/C27H32ClN3O/c28-23-8-5-6-20(16-23)18-31-25(17-22-7-1-4-11-26(22)31)19-30-14-12-21(13-15-30)27(32)29-24-9-2-3-10-24/h1,4-8,11,16-17,21,24H,2-3,9-10,12-15,18-19H2,(H,29,32). The molecule has 2 aliphatic rings. The van der Waals surface area contributed by atoms with Crippen LogP contribution < -0.4 is 5.32 Å². The summed E-state index contributed by atoms with van der Waals surface area (Å²) in [5.74, 6) is 0.454. The molecule has 0 unspecified atom stereocenters. The van der Waals surface area contributed by atoms with Gasteiger partial charge >= 0.3 is 0 Å². The first-order valence-corrected chi connectivity index (χ1v) is 12.4. The van der Waals surface area contributed by atoms with Crippen molar-refractivity contribution in [2.45, 2.75) is 57.7 Å². The van der Waals surface area contributed by atoms with Crippen molar-refractivity contribution in [1.82, 2.24) is 14.8 Å². The number of hydrogen-bond donors (Lipinski definition) is 1. The fourth-order valence-corrected chi connectivity index (χ4v) is 5.59. The molecule has 1 N–H and O–H groups in total. The van der Waals surface area contributed by atoms with Crippen LogP contribution in [-0.2, 0) is 17.9 Å². The summed E-state index contributed by atoms with van der Waals surface area (Å²) in [4.78, 5) is 15.2. The molecule has 1 saturated carbocycles. The minimum absolute atomic E-state index is 0.171. The summed E-state index contributed by atoms with van der Waals surface area (Å²) in [5.41, 5.74) is 3.79. The third kappa shape index (κ3) is 4.87. The molecule has 1 aliphatic carbocycles. The van der Waals surface area contributed by atoms with Gasteiger partial charge in [-0.1, -0.05) is 54.8 Å². The molecule has 0 bridgehead atoms.